The van der Waals surface area contributed by atoms with E-state index < -0.39 is 29.9 Å². The van der Waals surface area contributed by atoms with Gasteiger partial charge in [0.05, 0.1) is 5.56 Å². The molecule has 0 radical (unpaired) electrons. The quantitative estimate of drug-likeness (QED) is 0.672. The number of nitrogens with zero attached hydrogens (tertiary/aromatic N) is 1. The van der Waals surface area contributed by atoms with Gasteiger partial charge in [-0.2, -0.15) is 0 Å². The topological polar surface area (TPSA) is 65.2 Å². The zero-order chi connectivity index (χ0) is 13.9. The molecule has 100 valence electrons. The van der Waals surface area contributed by atoms with Crippen molar-refractivity contribution in [3.8, 4) is 5.88 Å². The van der Waals surface area contributed by atoms with Crippen LogP contribution in [0.3, 0.4) is 0 Å². The zero-order valence-corrected chi connectivity index (χ0v) is 8.67. The second-order valence-corrected chi connectivity index (χ2v) is 3.10. The van der Waals surface area contributed by atoms with Crippen LogP contribution < -0.4 is 10.5 Å². The van der Waals surface area contributed by atoms with Gasteiger partial charge in [0.2, 0.25) is 5.88 Å². The summed E-state index contributed by atoms with van der Waals surface area (Å²) in [7, 11) is 0. The molecule has 4 nitrogen and oxygen atoms in total. The minimum atomic E-state index is -5.18. The normalized spacial score (nSPS) is 11.7. The largest absolute Gasteiger partial charge is 0.574 e. The molecule has 0 unspecified atom stereocenters. The van der Waals surface area contributed by atoms with E-state index in [2.05, 4.69) is 9.72 Å². The third kappa shape index (κ3) is 3.36. The van der Waals surface area contributed by atoms with Crippen LogP contribution >= 0.6 is 0 Å². The second kappa shape index (κ2) is 5.25. The minimum absolute atomic E-state index is 0.0881. The predicted molar refractivity (Wildman–Crippen MR) is 49.2 cm³/mol. The van der Waals surface area contributed by atoms with Gasteiger partial charge in [0.25, 0.3) is 6.43 Å². The number of carbonyl (C=O) groups is 1. The van der Waals surface area contributed by atoms with Crippen molar-refractivity contribution < 1.29 is 31.5 Å². The maximum absolute atomic E-state index is 12.5. The van der Waals surface area contributed by atoms with Crippen LogP contribution in [-0.2, 0) is 6.54 Å². The Labute approximate surface area is 97.6 Å². The third-order valence-electron chi connectivity index (χ3n) is 1.91. The van der Waals surface area contributed by atoms with Crippen LogP contribution in [0.25, 0.3) is 0 Å². The number of nitrogens with two attached hydrogens (primary N) is 1. The van der Waals surface area contributed by atoms with Crippen LogP contribution in [0.15, 0.2) is 6.07 Å². The van der Waals surface area contributed by atoms with E-state index >= 15 is 0 Å². The molecule has 1 heterocycles. The van der Waals surface area contributed by atoms with Crippen molar-refractivity contribution >= 4 is 6.29 Å². The molecule has 0 bridgehead atoms. The summed E-state index contributed by atoms with van der Waals surface area (Å²) in [5, 5.41) is 0. The minimum Gasteiger partial charge on any atom is -0.387 e. The van der Waals surface area contributed by atoms with Gasteiger partial charge in [0.1, 0.15) is 5.69 Å². The van der Waals surface area contributed by atoms with E-state index in [1.54, 1.807) is 0 Å². The summed E-state index contributed by atoms with van der Waals surface area (Å²) in [6.45, 7) is -0.312. The Bertz CT molecular complexity index is 447. The molecule has 0 fully saturated rings. The molecule has 9 heteroatoms. The number of aldehydes is 1. The van der Waals surface area contributed by atoms with Crippen LogP contribution in [0, 0.1) is 0 Å². The lowest BCUT2D eigenvalue weighted by molar-refractivity contribution is -0.276. The lowest BCUT2D eigenvalue weighted by atomic mass is 10.1. The second-order valence-electron chi connectivity index (χ2n) is 3.10. The van der Waals surface area contributed by atoms with Crippen molar-refractivity contribution in [2.75, 3.05) is 0 Å². The number of carbonyl (C=O) groups excluding carboxylic acids is 1. The first-order valence-corrected chi connectivity index (χ1v) is 4.51. The summed E-state index contributed by atoms with van der Waals surface area (Å²) < 4.78 is 64.4. The molecule has 0 aliphatic carbocycles. The number of hydrogen-bond acceptors (Lipinski definition) is 4. The molecule has 1 aromatic heterocycles. The SMILES string of the molecule is NCc1cc(C(F)F)c(OC(F)(F)F)nc1C=O. The van der Waals surface area contributed by atoms with Crippen LogP contribution in [0.2, 0.25) is 0 Å². The highest BCUT2D eigenvalue weighted by molar-refractivity contribution is 5.75. The number of aromatic nitrogens is 1. The molecule has 18 heavy (non-hydrogen) atoms. The van der Waals surface area contributed by atoms with Crippen LogP contribution in [0.1, 0.15) is 28.0 Å². The molecular formula is C9H7F5N2O2. The average molecular weight is 270 g/mol. The highest BCUT2D eigenvalue weighted by Crippen LogP contribution is 2.32. The van der Waals surface area contributed by atoms with Gasteiger partial charge in [-0.1, -0.05) is 0 Å². The molecule has 0 atom stereocenters. The summed E-state index contributed by atoms with van der Waals surface area (Å²) >= 11 is 0. The fourth-order valence-electron chi connectivity index (χ4n) is 1.18. The molecule has 0 aliphatic rings. The summed E-state index contributed by atoms with van der Waals surface area (Å²) in [5.41, 5.74) is 3.54. The molecule has 2 N–H and O–H groups in total. The van der Waals surface area contributed by atoms with E-state index in [1.165, 1.54) is 0 Å². The van der Waals surface area contributed by atoms with Gasteiger partial charge in [0, 0.05) is 6.54 Å². The average Bonchev–Trinajstić information content (AvgIpc) is 2.25. The molecule has 0 saturated heterocycles. The Hall–Kier alpha value is -1.77. The van der Waals surface area contributed by atoms with Crippen molar-refractivity contribution in [2.24, 2.45) is 5.73 Å². The lowest BCUT2D eigenvalue weighted by Gasteiger charge is -2.13. The van der Waals surface area contributed by atoms with Gasteiger partial charge in [0.15, 0.2) is 6.29 Å². The van der Waals surface area contributed by atoms with E-state index in [-0.39, 0.29) is 18.4 Å². The standard InChI is InChI=1S/C9H7F5N2O2/c10-7(11)5-1-4(2-15)6(3-17)16-8(5)18-9(12,13)14/h1,3,7H,2,15H2. The zero-order valence-electron chi connectivity index (χ0n) is 8.67. The maximum Gasteiger partial charge on any atom is 0.574 e. The Morgan fingerprint density at radius 2 is 2.06 bits per heavy atom. The van der Waals surface area contributed by atoms with E-state index in [4.69, 9.17) is 5.73 Å². The van der Waals surface area contributed by atoms with E-state index in [0.29, 0.717) is 6.07 Å². The van der Waals surface area contributed by atoms with Crippen molar-refractivity contribution in [3.63, 3.8) is 0 Å². The molecule has 0 amide bonds. The number of halogens is 5. The van der Waals surface area contributed by atoms with Gasteiger partial charge >= 0.3 is 6.36 Å². The highest BCUT2D eigenvalue weighted by atomic mass is 19.4. The van der Waals surface area contributed by atoms with E-state index in [1.807, 2.05) is 0 Å². The highest BCUT2D eigenvalue weighted by Gasteiger charge is 2.34. The number of ether oxygens (including phenoxy) is 1. The van der Waals surface area contributed by atoms with Gasteiger partial charge in [-0.15, -0.1) is 13.2 Å². The first-order chi connectivity index (χ1) is 8.28. The number of pyridine rings is 1. The summed E-state index contributed by atoms with van der Waals surface area (Å²) in [4.78, 5) is 13.6. The Morgan fingerprint density at radius 1 is 1.44 bits per heavy atom. The fraction of sp³-hybridized carbons (Fsp3) is 0.333. The Balaban J connectivity index is 3.33. The summed E-state index contributed by atoms with van der Waals surface area (Å²) in [6.07, 6.45) is -8.30. The molecule has 0 spiro atoms. The van der Waals surface area contributed by atoms with Crippen molar-refractivity contribution in [3.05, 3.63) is 22.9 Å². The Kier molecular flexibility index (Phi) is 4.17. The van der Waals surface area contributed by atoms with Gasteiger partial charge in [-0.25, -0.2) is 13.8 Å². The van der Waals surface area contributed by atoms with Gasteiger partial charge < -0.3 is 10.5 Å². The monoisotopic (exact) mass is 270 g/mol. The molecular weight excluding hydrogens is 263 g/mol. The number of rotatable bonds is 4. The first-order valence-electron chi connectivity index (χ1n) is 4.51. The van der Waals surface area contributed by atoms with Crippen molar-refractivity contribution in [1.29, 1.82) is 0 Å². The molecule has 0 aromatic carbocycles. The van der Waals surface area contributed by atoms with Gasteiger partial charge in [-0.3, -0.25) is 4.79 Å². The molecule has 0 aliphatic heterocycles. The Morgan fingerprint density at radius 3 is 2.44 bits per heavy atom. The molecule has 0 saturated carbocycles. The van der Waals surface area contributed by atoms with E-state index in [9.17, 15) is 26.7 Å². The smallest absolute Gasteiger partial charge is 0.387 e. The van der Waals surface area contributed by atoms with Crippen LogP contribution in [0.4, 0.5) is 22.0 Å². The summed E-state index contributed by atoms with van der Waals surface area (Å²) in [5.74, 6) is -1.35. The maximum atomic E-state index is 12.5. The van der Waals surface area contributed by atoms with Gasteiger partial charge in [-0.05, 0) is 11.6 Å². The molecule has 1 aromatic rings. The molecule has 1 rings (SSSR count). The van der Waals surface area contributed by atoms with Crippen LogP contribution in [0.5, 0.6) is 5.88 Å². The number of alkyl halides is 5. The van der Waals surface area contributed by atoms with E-state index in [0.717, 1.165) is 0 Å². The predicted octanol–water partition coefficient (Wildman–Crippen LogP) is 2.19. The third-order valence-corrected chi connectivity index (χ3v) is 1.91. The summed E-state index contributed by atoms with van der Waals surface area (Å²) in [6, 6.07) is 0.669. The van der Waals surface area contributed by atoms with Crippen molar-refractivity contribution in [2.45, 2.75) is 19.3 Å². The first kappa shape index (κ1) is 14.3. The number of hydrogen-bond donors (Lipinski definition) is 1. The van der Waals surface area contributed by atoms with Crippen LogP contribution in [-0.4, -0.2) is 17.6 Å². The fourth-order valence-corrected chi connectivity index (χ4v) is 1.18. The van der Waals surface area contributed by atoms with Crippen molar-refractivity contribution in [1.82, 2.24) is 4.98 Å². The lowest BCUT2D eigenvalue weighted by Crippen LogP contribution is -2.20.